The second kappa shape index (κ2) is 7.04. The van der Waals surface area contributed by atoms with Crippen LogP contribution in [0.2, 0.25) is 0 Å². The van der Waals surface area contributed by atoms with Crippen molar-refractivity contribution in [1.82, 2.24) is 0 Å². The summed E-state index contributed by atoms with van der Waals surface area (Å²) in [5, 5.41) is 0. The summed E-state index contributed by atoms with van der Waals surface area (Å²) in [5.74, 6) is 0.997. The van der Waals surface area contributed by atoms with Crippen LogP contribution in [0.25, 0.3) is 0 Å². The number of benzene rings is 1. The summed E-state index contributed by atoms with van der Waals surface area (Å²) in [6.45, 7) is 0.943. The Bertz CT molecular complexity index is 311. The number of ether oxygens (including phenoxy) is 1. The van der Waals surface area contributed by atoms with Crippen LogP contribution in [-0.4, -0.2) is 24.5 Å². The molecule has 2 atom stereocenters. The summed E-state index contributed by atoms with van der Waals surface area (Å²) in [7, 11) is 0. The molecular weight excluding hydrogens is 230 g/mol. The van der Waals surface area contributed by atoms with Crippen molar-refractivity contribution in [3.63, 3.8) is 0 Å². The maximum Gasteiger partial charge on any atom is 0.0576 e. The van der Waals surface area contributed by atoms with Crippen molar-refractivity contribution in [2.75, 3.05) is 12.4 Å². The molecule has 0 radical (unpaired) electrons. The molecule has 17 heavy (non-hydrogen) atoms. The molecule has 94 valence electrons. The van der Waals surface area contributed by atoms with E-state index >= 15 is 0 Å². The van der Waals surface area contributed by atoms with Gasteiger partial charge in [-0.3, -0.25) is 0 Å². The third-order valence-electron chi connectivity index (χ3n) is 3.09. The Morgan fingerprint density at radius 2 is 2.18 bits per heavy atom. The Labute approximate surface area is 108 Å². The van der Waals surface area contributed by atoms with Gasteiger partial charge in [0.15, 0.2) is 0 Å². The van der Waals surface area contributed by atoms with Gasteiger partial charge in [-0.05, 0) is 37.8 Å². The predicted molar refractivity (Wildman–Crippen MR) is 73.3 cm³/mol. The fourth-order valence-electron chi connectivity index (χ4n) is 2.08. The van der Waals surface area contributed by atoms with E-state index in [0.29, 0.717) is 6.10 Å². The summed E-state index contributed by atoms with van der Waals surface area (Å²) < 4.78 is 5.60. The fourth-order valence-corrected chi connectivity index (χ4v) is 3.00. The predicted octanol–water partition coefficient (Wildman–Crippen LogP) is 3.07. The lowest BCUT2D eigenvalue weighted by Crippen LogP contribution is -2.24. The van der Waals surface area contributed by atoms with E-state index in [1.54, 1.807) is 0 Å². The van der Waals surface area contributed by atoms with Crippen LogP contribution in [0.3, 0.4) is 0 Å². The third kappa shape index (κ3) is 4.70. The molecule has 1 aliphatic rings. The topological polar surface area (TPSA) is 35.2 Å². The molecule has 0 bridgehead atoms. The molecule has 1 aliphatic heterocycles. The summed E-state index contributed by atoms with van der Waals surface area (Å²) in [6, 6.07) is 10.7. The number of hydrogen-bond donors (Lipinski definition) is 1. The first-order valence-electron chi connectivity index (χ1n) is 6.39. The summed E-state index contributed by atoms with van der Waals surface area (Å²) in [6.07, 6.45) is 5.11. The van der Waals surface area contributed by atoms with Gasteiger partial charge in [-0.15, -0.1) is 11.8 Å². The van der Waals surface area contributed by atoms with Crippen molar-refractivity contribution < 1.29 is 4.74 Å². The summed E-state index contributed by atoms with van der Waals surface area (Å²) in [5.41, 5.74) is 6.12. The molecule has 1 aromatic carbocycles. The van der Waals surface area contributed by atoms with Gasteiger partial charge in [-0.2, -0.15) is 0 Å². The Hall–Kier alpha value is -0.510. The number of rotatable bonds is 6. The number of nitrogens with two attached hydrogens (primary N) is 1. The molecule has 1 aromatic rings. The minimum Gasteiger partial charge on any atom is -0.378 e. The van der Waals surface area contributed by atoms with Gasteiger partial charge in [0, 0.05) is 23.3 Å². The average Bonchev–Trinajstić information content (AvgIpc) is 2.88. The molecule has 0 amide bonds. The van der Waals surface area contributed by atoms with E-state index in [2.05, 4.69) is 24.3 Å². The highest BCUT2D eigenvalue weighted by atomic mass is 32.2. The van der Waals surface area contributed by atoms with Crippen LogP contribution in [-0.2, 0) is 4.74 Å². The van der Waals surface area contributed by atoms with Gasteiger partial charge in [0.05, 0.1) is 6.10 Å². The highest BCUT2D eigenvalue weighted by Gasteiger charge is 2.16. The lowest BCUT2D eigenvalue weighted by atomic mass is 10.1. The quantitative estimate of drug-likeness (QED) is 0.789. The highest BCUT2D eigenvalue weighted by Crippen LogP contribution is 2.21. The molecule has 1 fully saturated rings. The zero-order valence-corrected chi connectivity index (χ0v) is 11.0. The maximum atomic E-state index is 6.12. The van der Waals surface area contributed by atoms with Crippen LogP contribution in [0.4, 0.5) is 0 Å². The molecule has 1 heterocycles. The third-order valence-corrected chi connectivity index (χ3v) is 4.29. The summed E-state index contributed by atoms with van der Waals surface area (Å²) >= 11 is 1.85. The normalized spacial score (nSPS) is 21.6. The van der Waals surface area contributed by atoms with E-state index in [0.717, 1.165) is 25.2 Å². The average molecular weight is 251 g/mol. The van der Waals surface area contributed by atoms with E-state index in [1.165, 1.54) is 17.7 Å². The van der Waals surface area contributed by atoms with Crippen molar-refractivity contribution in [3.8, 4) is 0 Å². The Morgan fingerprint density at radius 3 is 2.88 bits per heavy atom. The first kappa shape index (κ1) is 12.9. The molecule has 3 heteroatoms. The Balaban J connectivity index is 1.62. The van der Waals surface area contributed by atoms with E-state index in [1.807, 2.05) is 17.8 Å². The number of thioether (sulfide) groups is 1. The van der Waals surface area contributed by atoms with Gasteiger partial charge in [-0.1, -0.05) is 18.2 Å². The van der Waals surface area contributed by atoms with E-state index < -0.39 is 0 Å². The van der Waals surface area contributed by atoms with E-state index in [-0.39, 0.29) is 6.04 Å². The van der Waals surface area contributed by atoms with Crippen molar-refractivity contribution >= 4 is 11.8 Å². The van der Waals surface area contributed by atoms with Crippen LogP contribution in [0, 0.1) is 0 Å². The number of hydrogen-bond acceptors (Lipinski definition) is 3. The van der Waals surface area contributed by atoms with E-state index in [4.69, 9.17) is 10.5 Å². The summed E-state index contributed by atoms with van der Waals surface area (Å²) in [4.78, 5) is 1.31. The van der Waals surface area contributed by atoms with E-state index in [9.17, 15) is 0 Å². The molecule has 2 nitrogen and oxygen atoms in total. The fraction of sp³-hybridized carbons (Fsp3) is 0.571. The van der Waals surface area contributed by atoms with Crippen molar-refractivity contribution in [3.05, 3.63) is 30.3 Å². The zero-order chi connectivity index (χ0) is 11.9. The highest BCUT2D eigenvalue weighted by molar-refractivity contribution is 7.99. The molecule has 0 spiro atoms. The largest absolute Gasteiger partial charge is 0.378 e. The van der Waals surface area contributed by atoms with Crippen LogP contribution in [0.1, 0.15) is 25.7 Å². The lowest BCUT2D eigenvalue weighted by Gasteiger charge is -2.14. The van der Waals surface area contributed by atoms with Crippen LogP contribution >= 0.6 is 11.8 Å². The first-order chi connectivity index (χ1) is 8.34. The van der Waals surface area contributed by atoms with Gasteiger partial charge >= 0.3 is 0 Å². The Kier molecular flexibility index (Phi) is 5.36. The second-order valence-corrected chi connectivity index (χ2v) is 5.69. The Morgan fingerprint density at radius 1 is 1.35 bits per heavy atom. The molecule has 2 rings (SSSR count). The van der Waals surface area contributed by atoms with Crippen molar-refractivity contribution in [1.29, 1.82) is 0 Å². The molecule has 0 aromatic heterocycles. The van der Waals surface area contributed by atoms with Crippen molar-refractivity contribution in [2.24, 2.45) is 5.73 Å². The maximum absolute atomic E-state index is 6.12. The molecule has 0 saturated carbocycles. The molecule has 2 unspecified atom stereocenters. The SMILES string of the molecule is NC(CCC1CCCO1)CSc1ccccc1. The zero-order valence-electron chi connectivity index (χ0n) is 10.2. The smallest absolute Gasteiger partial charge is 0.0576 e. The van der Waals surface area contributed by atoms with Crippen molar-refractivity contribution in [2.45, 2.75) is 42.7 Å². The minimum atomic E-state index is 0.282. The lowest BCUT2D eigenvalue weighted by molar-refractivity contribution is 0.101. The van der Waals surface area contributed by atoms with Gasteiger partial charge in [-0.25, -0.2) is 0 Å². The van der Waals surface area contributed by atoms with Gasteiger partial charge in [0.1, 0.15) is 0 Å². The second-order valence-electron chi connectivity index (χ2n) is 4.60. The van der Waals surface area contributed by atoms with Gasteiger partial charge in [0.25, 0.3) is 0 Å². The van der Waals surface area contributed by atoms with Crippen LogP contribution in [0.5, 0.6) is 0 Å². The van der Waals surface area contributed by atoms with Gasteiger partial charge in [0.2, 0.25) is 0 Å². The van der Waals surface area contributed by atoms with Crippen LogP contribution in [0.15, 0.2) is 35.2 Å². The minimum absolute atomic E-state index is 0.282. The standard InChI is InChI=1S/C14H21NOS/c15-12(8-9-13-5-4-10-16-13)11-17-14-6-2-1-3-7-14/h1-3,6-7,12-13H,4-5,8-11,15H2. The molecule has 1 saturated heterocycles. The molecule has 2 N–H and O–H groups in total. The first-order valence-corrected chi connectivity index (χ1v) is 7.38. The monoisotopic (exact) mass is 251 g/mol. The molecule has 0 aliphatic carbocycles. The van der Waals surface area contributed by atoms with Crippen LogP contribution < -0.4 is 5.73 Å². The molecular formula is C14H21NOS. The van der Waals surface area contributed by atoms with Gasteiger partial charge < -0.3 is 10.5 Å².